The van der Waals surface area contributed by atoms with E-state index < -0.39 is 10.0 Å². The van der Waals surface area contributed by atoms with Gasteiger partial charge in [0.2, 0.25) is 15.9 Å². The summed E-state index contributed by atoms with van der Waals surface area (Å²) in [4.78, 5) is 26.7. The van der Waals surface area contributed by atoms with E-state index in [1.165, 1.54) is 33.5 Å². The van der Waals surface area contributed by atoms with Gasteiger partial charge in [0.25, 0.3) is 5.91 Å². The van der Waals surface area contributed by atoms with Gasteiger partial charge in [0, 0.05) is 31.4 Å². The lowest BCUT2D eigenvalue weighted by atomic mass is 10.0. The molecule has 1 atom stereocenters. The SMILES string of the molecule is CCc1ccccc1NC(=O)CN(C)C(=O)c1ccc(S(=O)(=O)N2CCC[C@H](C)C2)cc1. The Morgan fingerprint density at radius 3 is 2.47 bits per heavy atom. The van der Waals surface area contributed by atoms with Crippen molar-refractivity contribution in [1.82, 2.24) is 9.21 Å². The maximum absolute atomic E-state index is 12.9. The zero-order valence-electron chi connectivity index (χ0n) is 18.9. The Morgan fingerprint density at radius 1 is 1.12 bits per heavy atom. The highest BCUT2D eigenvalue weighted by Gasteiger charge is 2.28. The lowest BCUT2D eigenvalue weighted by Gasteiger charge is -2.30. The largest absolute Gasteiger partial charge is 0.332 e. The molecule has 0 bridgehead atoms. The highest BCUT2D eigenvalue weighted by molar-refractivity contribution is 7.89. The molecular formula is C24H31N3O4S. The Hall–Kier alpha value is -2.71. The number of likely N-dealkylation sites (N-methyl/N-ethyl adjacent to an activating group) is 1. The van der Waals surface area contributed by atoms with Gasteiger partial charge in [-0.1, -0.05) is 32.0 Å². The Balaban J connectivity index is 1.64. The van der Waals surface area contributed by atoms with Crippen LogP contribution in [0.2, 0.25) is 0 Å². The normalized spacial score (nSPS) is 17.0. The molecule has 1 saturated heterocycles. The maximum Gasteiger partial charge on any atom is 0.254 e. The Labute approximate surface area is 190 Å². The molecule has 0 saturated carbocycles. The number of carbonyl (C=O) groups excluding carboxylic acids is 2. The minimum Gasteiger partial charge on any atom is -0.332 e. The molecule has 0 aromatic heterocycles. The first-order valence-corrected chi connectivity index (χ1v) is 12.4. The van der Waals surface area contributed by atoms with Crippen LogP contribution in [0.25, 0.3) is 0 Å². The molecular weight excluding hydrogens is 426 g/mol. The molecule has 2 aromatic carbocycles. The summed E-state index contributed by atoms with van der Waals surface area (Å²) in [5.74, 6) is -0.303. The number of rotatable bonds is 7. The molecule has 1 N–H and O–H groups in total. The second-order valence-corrected chi connectivity index (χ2v) is 10.3. The van der Waals surface area contributed by atoms with E-state index in [4.69, 9.17) is 0 Å². The van der Waals surface area contributed by atoms with Crippen molar-refractivity contribution in [1.29, 1.82) is 0 Å². The summed E-state index contributed by atoms with van der Waals surface area (Å²) in [6, 6.07) is 13.5. The van der Waals surface area contributed by atoms with Crippen molar-refractivity contribution >= 4 is 27.5 Å². The number of nitrogens with one attached hydrogen (secondary N) is 1. The van der Waals surface area contributed by atoms with E-state index in [1.807, 2.05) is 31.2 Å². The second-order valence-electron chi connectivity index (χ2n) is 8.35. The summed E-state index contributed by atoms with van der Waals surface area (Å²) >= 11 is 0. The first-order chi connectivity index (χ1) is 15.2. The zero-order chi connectivity index (χ0) is 23.3. The van der Waals surface area contributed by atoms with Gasteiger partial charge in [0.15, 0.2) is 0 Å². The van der Waals surface area contributed by atoms with Gasteiger partial charge in [-0.2, -0.15) is 4.31 Å². The van der Waals surface area contributed by atoms with Crippen LogP contribution >= 0.6 is 0 Å². The molecule has 8 heteroatoms. The predicted octanol–water partition coefficient (Wildman–Crippen LogP) is 3.38. The van der Waals surface area contributed by atoms with Crippen LogP contribution in [0.4, 0.5) is 5.69 Å². The van der Waals surface area contributed by atoms with Gasteiger partial charge in [-0.15, -0.1) is 0 Å². The fourth-order valence-electron chi connectivity index (χ4n) is 3.93. The van der Waals surface area contributed by atoms with Crippen molar-refractivity contribution in [3.05, 3.63) is 59.7 Å². The van der Waals surface area contributed by atoms with Crippen LogP contribution in [-0.2, 0) is 21.2 Å². The van der Waals surface area contributed by atoms with Gasteiger partial charge < -0.3 is 10.2 Å². The first kappa shape index (κ1) is 23.9. The molecule has 172 valence electrons. The number of aryl methyl sites for hydroxylation is 1. The number of piperidine rings is 1. The molecule has 0 unspecified atom stereocenters. The van der Waals surface area contributed by atoms with Crippen molar-refractivity contribution in [2.75, 3.05) is 32.0 Å². The van der Waals surface area contributed by atoms with Crippen molar-refractivity contribution in [3.63, 3.8) is 0 Å². The van der Waals surface area contributed by atoms with Crippen molar-refractivity contribution < 1.29 is 18.0 Å². The Bertz CT molecular complexity index is 1070. The molecule has 2 amide bonds. The molecule has 1 aliphatic heterocycles. The van der Waals surface area contributed by atoms with Crippen LogP contribution in [0.5, 0.6) is 0 Å². The van der Waals surface area contributed by atoms with Crippen LogP contribution in [0.1, 0.15) is 42.6 Å². The number of amides is 2. The summed E-state index contributed by atoms with van der Waals surface area (Å²) in [6.07, 6.45) is 2.67. The lowest BCUT2D eigenvalue weighted by Crippen LogP contribution is -2.39. The zero-order valence-corrected chi connectivity index (χ0v) is 19.7. The Kier molecular flexibility index (Phi) is 7.69. The van der Waals surface area contributed by atoms with Gasteiger partial charge in [0.05, 0.1) is 11.4 Å². The lowest BCUT2D eigenvalue weighted by molar-refractivity contribution is -0.116. The fraction of sp³-hybridized carbons (Fsp3) is 0.417. The van der Waals surface area contributed by atoms with Crippen molar-refractivity contribution in [3.8, 4) is 0 Å². The minimum absolute atomic E-state index is 0.109. The maximum atomic E-state index is 12.9. The first-order valence-electron chi connectivity index (χ1n) is 11.0. The summed E-state index contributed by atoms with van der Waals surface area (Å²) in [5.41, 5.74) is 2.09. The van der Waals surface area contributed by atoms with Crippen LogP contribution in [0, 0.1) is 5.92 Å². The van der Waals surface area contributed by atoms with E-state index in [-0.39, 0.29) is 23.3 Å². The average molecular weight is 458 g/mol. The molecule has 1 aliphatic rings. The third-order valence-corrected chi connectivity index (χ3v) is 7.64. The number of nitrogens with zero attached hydrogens (tertiary/aromatic N) is 2. The topological polar surface area (TPSA) is 86.8 Å². The molecule has 3 rings (SSSR count). The number of hydrogen-bond acceptors (Lipinski definition) is 4. The van der Waals surface area contributed by atoms with Gasteiger partial charge in [-0.05, 0) is 61.1 Å². The number of benzene rings is 2. The van der Waals surface area contributed by atoms with E-state index in [2.05, 4.69) is 12.2 Å². The number of para-hydroxylation sites is 1. The van der Waals surface area contributed by atoms with Crippen LogP contribution < -0.4 is 5.32 Å². The van der Waals surface area contributed by atoms with E-state index in [0.29, 0.717) is 24.6 Å². The summed E-state index contributed by atoms with van der Waals surface area (Å²) < 4.78 is 27.3. The van der Waals surface area contributed by atoms with Gasteiger partial charge >= 0.3 is 0 Å². The van der Waals surface area contributed by atoms with E-state index >= 15 is 0 Å². The Morgan fingerprint density at radius 2 is 1.81 bits per heavy atom. The van der Waals surface area contributed by atoms with Crippen molar-refractivity contribution in [2.24, 2.45) is 5.92 Å². The molecule has 1 heterocycles. The molecule has 32 heavy (non-hydrogen) atoms. The summed E-state index contributed by atoms with van der Waals surface area (Å²) in [5, 5.41) is 2.85. The molecule has 0 aliphatic carbocycles. The molecule has 0 radical (unpaired) electrons. The molecule has 7 nitrogen and oxygen atoms in total. The fourth-order valence-corrected chi connectivity index (χ4v) is 5.53. The summed E-state index contributed by atoms with van der Waals surface area (Å²) in [7, 11) is -2.02. The standard InChI is InChI=1S/C24H31N3O4S/c1-4-19-9-5-6-10-22(19)25-23(28)17-26(3)24(29)20-11-13-21(14-12-20)32(30,31)27-15-7-8-18(2)16-27/h5-6,9-14,18H,4,7-8,15-17H2,1-3H3,(H,25,28)/t18-/m0/s1. The van der Waals surface area contributed by atoms with Crippen LogP contribution in [0.15, 0.2) is 53.4 Å². The monoisotopic (exact) mass is 457 g/mol. The van der Waals surface area contributed by atoms with Crippen molar-refractivity contribution in [2.45, 2.75) is 38.0 Å². The average Bonchev–Trinajstić information content (AvgIpc) is 2.79. The number of hydrogen-bond donors (Lipinski definition) is 1. The quantitative estimate of drug-likeness (QED) is 0.691. The highest BCUT2D eigenvalue weighted by Crippen LogP contribution is 2.24. The third kappa shape index (κ3) is 5.55. The number of sulfonamides is 1. The minimum atomic E-state index is -3.57. The third-order valence-electron chi connectivity index (χ3n) is 5.76. The van der Waals surface area contributed by atoms with Gasteiger partial charge in [0.1, 0.15) is 0 Å². The smallest absolute Gasteiger partial charge is 0.254 e. The van der Waals surface area contributed by atoms with Gasteiger partial charge in [-0.25, -0.2) is 8.42 Å². The molecule has 2 aromatic rings. The number of carbonyl (C=O) groups is 2. The predicted molar refractivity (Wildman–Crippen MR) is 125 cm³/mol. The highest BCUT2D eigenvalue weighted by atomic mass is 32.2. The number of anilines is 1. The molecule has 1 fully saturated rings. The van der Waals surface area contributed by atoms with Crippen LogP contribution in [-0.4, -0.2) is 56.1 Å². The summed E-state index contributed by atoms with van der Waals surface area (Å²) in [6.45, 7) is 4.99. The van der Waals surface area contributed by atoms with Crippen LogP contribution in [0.3, 0.4) is 0 Å². The second kappa shape index (κ2) is 10.3. The van der Waals surface area contributed by atoms with E-state index in [9.17, 15) is 18.0 Å². The van der Waals surface area contributed by atoms with E-state index in [0.717, 1.165) is 30.5 Å². The van der Waals surface area contributed by atoms with Gasteiger partial charge in [-0.3, -0.25) is 9.59 Å². The van der Waals surface area contributed by atoms with E-state index in [1.54, 1.807) is 7.05 Å². The molecule has 0 spiro atoms.